The number of halogens is 4. The standard InChI is InChI=1S/C14H19F2N3O.2ClH/c15-11-3-4-12(16)13(10-11)18-6-8-19(9-7-18)14(20)2-1-5-17;;/h3-4,10H,1-2,5-9,17H2;2*1H. The number of piperazine rings is 1. The van der Waals surface area contributed by atoms with E-state index in [0.29, 0.717) is 45.6 Å². The van der Waals surface area contributed by atoms with E-state index in [1.54, 1.807) is 9.80 Å². The van der Waals surface area contributed by atoms with Gasteiger partial charge in [-0.25, -0.2) is 8.78 Å². The highest BCUT2D eigenvalue weighted by Crippen LogP contribution is 2.22. The van der Waals surface area contributed by atoms with Gasteiger partial charge in [-0.05, 0) is 25.1 Å². The number of hydrogen-bond acceptors (Lipinski definition) is 3. The van der Waals surface area contributed by atoms with E-state index in [9.17, 15) is 13.6 Å². The molecule has 22 heavy (non-hydrogen) atoms. The normalized spacial score (nSPS) is 14.1. The lowest BCUT2D eigenvalue weighted by Crippen LogP contribution is -2.49. The van der Waals surface area contributed by atoms with E-state index in [2.05, 4.69) is 0 Å². The van der Waals surface area contributed by atoms with Crippen LogP contribution in [0.2, 0.25) is 0 Å². The average Bonchev–Trinajstić information content (AvgIpc) is 2.47. The molecule has 0 aromatic heterocycles. The smallest absolute Gasteiger partial charge is 0.222 e. The summed E-state index contributed by atoms with van der Waals surface area (Å²) in [5.41, 5.74) is 5.64. The van der Waals surface area contributed by atoms with E-state index < -0.39 is 11.6 Å². The highest BCUT2D eigenvalue weighted by Gasteiger charge is 2.22. The highest BCUT2D eigenvalue weighted by molar-refractivity contribution is 5.85. The van der Waals surface area contributed by atoms with Gasteiger partial charge in [-0.3, -0.25) is 4.79 Å². The molecule has 8 heteroatoms. The van der Waals surface area contributed by atoms with Crippen LogP contribution in [-0.2, 0) is 4.79 Å². The summed E-state index contributed by atoms with van der Waals surface area (Å²) in [4.78, 5) is 15.4. The summed E-state index contributed by atoms with van der Waals surface area (Å²) in [7, 11) is 0. The molecule has 4 nitrogen and oxygen atoms in total. The van der Waals surface area contributed by atoms with Gasteiger partial charge < -0.3 is 15.5 Å². The first-order valence-electron chi connectivity index (χ1n) is 6.79. The van der Waals surface area contributed by atoms with Gasteiger partial charge in [0.15, 0.2) is 0 Å². The molecule has 1 saturated heterocycles. The van der Waals surface area contributed by atoms with E-state index in [-0.39, 0.29) is 36.4 Å². The Labute approximate surface area is 141 Å². The molecule has 0 atom stereocenters. The molecule has 1 aliphatic heterocycles. The number of carbonyl (C=O) groups is 1. The minimum Gasteiger partial charge on any atom is -0.366 e. The number of nitrogens with zero attached hydrogens (tertiary/aromatic N) is 2. The zero-order valence-corrected chi connectivity index (χ0v) is 13.8. The van der Waals surface area contributed by atoms with Crippen molar-refractivity contribution in [2.45, 2.75) is 12.8 Å². The Kier molecular flexibility index (Phi) is 9.32. The van der Waals surface area contributed by atoms with Gasteiger partial charge in [-0.2, -0.15) is 0 Å². The number of nitrogens with two attached hydrogens (primary N) is 1. The Hall–Kier alpha value is -1.11. The Morgan fingerprint density at radius 1 is 1.14 bits per heavy atom. The fourth-order valence-electron chi connectivity index (χ4n) is 2.34. The second kappa shape index (κ2) is 9.82. The number of hydrogen-bond donors (Lipinski definition) is 1. The van der Waals surface area contributed by atoms with Gasteiger partial charge in [-0.1, -0.05) is 0 Å². The molecule has 1 aromatic carbocycles. The molecular formula is C14H21Cl2F2N3O. The van der Waals surface area contributed by atoms with Gasteiger partial charge >= 0.3 is 0 Å². The SMILES string of the molecule is Cl.Cl.NCCCC(=O)N1CCN(c2cc(F)ccc2F)CC1. The molecule has 0 unspecified atom stereocenters. The number of benzene rings is 1. The van der Waals surface area contributed by atoms with Crippen molar-refractivity contribution < 1.29 is 13.6 Å². The Balaban J connectivity index is 0.00000220. The summed E-state index contributed by atoms with van der Waals surface area (Å²) in [6.45, 7) is 2.57. The third-order valence-electron chi connectivity index (χ3n) is 3.48. The molecule has 1 aromatic rings. The molecule has 0 bridgehead atoms. The van der Waals surface area contributed by atoms with E-state index in [4.69, 9.17) is 5.73 Å². The van der Waals surface area contributed by atoms with Crippen molar-refractivity contribution in [1.82, 2.24) is 4.90 Å². The molecule has 1 amide bonds. The van der Waals surface area contributed by atoms with Crippen molar-refractivity contribution in [2.24, 2.45) is 5.73 Å². The zero-order chi connectivity index (χ0) is 14.5. The fourth-order valence-corrected chi connectivity index (χ4v) is 2.34. The molecule has 2 rings (SSSR count). The van der Waals surface area contributed by atoms with Crippen LogP contribution < -0.4 is 10.6 Å². The molecule has 1 heterocycles. The molecule has 0 aliphatic carbocycles. The van der Waals surface area contributed by atoms with E-state index in [1.165, 1.54) is 6.07 Å². The van der Waals surface area contributed by atoms with Crippen molar-refractivity contribution in [1.29, 1.82) is 0 Å². The summed E-state index contributed by atoms with van der Waals surface area (Å²) >= 11 is 0. The first-order chi connectivity index (χ1) is 9.61. The first kappa shape index (κ1) is 20.9. The minimum absolute atomic E-state index is 0. The summed E-state index contributed by atoms with van der Waals surface area (Å²) in [6, 6.07) is 3.43. The van der Waals surface area contributed by atoms with Gasteiger partial charge in [0.1, 0.15) is 11.6 Å². The van der Waals surface area contributed by atoms with E-state index >= 15 is 0 Å². The van der Waals surface area contributed by atoms with E-state index in [1.807, 2.05) is 0 Å². The predicted molar refractivity (Wildman–Crippen MR) is 87.9 cm³/mol. The lowest BCUT2D eigenvalue weighted by Gasteiger charge is -2.36. The van der Waals surface area contributed by atoms with Crippen LogP contribution in [0.4, 0.5) is 14.5 Å². The summed E-state index contributed by atoms with van der Waals surface area (Å²) in [6.07, 6.45) is 1.13. The Morgan fingerprint density at radius 3 is 2.36 bits per heavy atom. The summed E-state index contributed by atoms with van der Waals surface area (Å²) in [5.74, 6) is -0.813. The molecule has 2 N–H and O–H groups in total. The van der Waals surface area contributed by atoms with Crippen LogP contribution in [0.3, 0.4) is 0 Å². The van der Waals surface area contributed by atoms with Crippen molar-refractivity contribution in [2.75, 3.05) is 37.6 Å². The van der Waals surface area contributed by atoms with Gasteiger partial charge in [0.05, 0.1) is 5.69 Å². The topological polar surface area (TPSA) is 49.6 Å². The first-order valence-corrected chi connectivity index (χ1v) is 6.79. The van der Waals surface area contributed by atoms with E-state index in [0.717, 1.165) is 12.1 Å². The zero-order valence-electron chi connectivity index (χ0n) is 12.1. The van der Waals surface area contributed by atoms with Crippen LogP contribution in [-0.4, -0.2) is 43.5 Å². The lowest BCUT2D eigenvalue weighted by molar-refractivity contribution is -0.131. The maximum Gasteiger partial charge on any atom is 0.222 e. The Bertz CT molecular complexity index is 483. The van der Waals surface area contributed by atoms with Crippen molar-refractivity contribution in [3.05, 3.63) is 29.8 Å². The second-order valence-electron chi connectivity index (χ2n) is 4.86. The molecule has 126 valence electrons. The van der Waals surface area contributed by atoms with Crippen LogP contribution in [0.1, 0.15) is 12.8 Å². The van der Waals surface area contributed by atoms with Gasteiger partial charge in [-0.15, -0.1) is 24.8 Å². The monoisotopic (exact) mass is 355 g/mol. The third-order valence-corrected chi connectivity index (χ3v) is 3.48. The van der Waals surface area contributed by atoms with Crippen LogP contribution in [0.25, 0.3) is 0 Å². The maximum atomic E-state index is 13.7. The van der Waals surface area contributed by atoms with Crippen molar-refractivity contribution >= 4 is 36.4 Å². The quantitative estimate of drug-likeness (QED) is 0.900. The summed E-state index contributed by atoms with van der Waals surface area (Å²) < 4.78 is 26.9. The largest absolute Gasteiger partial charge is 0.366 e. The maximum absolute atomic E-state index is 13.7. The fraction of sp³-hybridized carbons (Fsp3) is 0.500. The number of rotatable bonds is 4. The van der Waals surface area contributed by atoms with Crippen molar-refractivity contribution in [3.63, 3.8) is 0 Å². The van der Waals surface area contributed by atoms with Gasteiger partial charge in [0, 0.05) is 38.7 Å². The molecule has 0 radical (unpaired) electrons. The number of amides is 1. The van der Waals surface area contributed by atoms with Crippen LogP contribution in [0.15, 0.2) is 18.2 Å². The molecule has 0 saturated carbocycles. The second-order valence-corrected chi connectivity index (χ2v) is 4.86. The van der Waals surface area contributed by atoms with Crippen molar-refractivity contribution in [3.8, 4) is 0 Å². The van der Waals surface area contributed by atoms with Crippen LogP contribution >= 0.6 is 24.8 Å². The third kappa shape index (κ3) is 5.26. The lowest BCUT2D eigenvalue weighted by atomic mass is 10.2. The van der Waals surface area contributed by atoms with Gasteiger partial charge in [0.25, 0.3) is 0 Å². The Morgan fingerprint density at radius 2 is 1.77 bits per heavy atom. The number of anilines is 1. The number of carbonyl (C=O) groups excluding carboxylic acids is 1. The predicted octanol–water partition coefficient (Wildman–Crippen LogP) is 2.20. The molecule has 1 aliphatic rings. The minimum atomic E-state index is -0.456. The molecular weight excluding hydrogens is 335 g/mol. The highest BCUT2D eigenvalue weighted by atomic mass is 35.5. The molecule has 0 spiro atoms. The van der Waals surface area contributed by atoms with Gasteiger partial charge in [0.2, 0.25) is 5.91 Å². The van der Waals surface area contributed by atoms with Crippen LogP contribution in [0.5, 0.6) is 0 Å². The van der Waals surface area contributed by atoms with Crippen LogP contribution in [0, 0.1) is 11.6 Å². The summed E-state index contributed by atoms with van der Waals surface area (Å²) in [5, 5.41) is 0. The average molecular weight is 356 g/mol. The molecule has 1 fully saturated rings.